The van der Waals surface area contributed by atoms with E-state index >= 15 is 0 Å². The number of hydrogen-bond donors (Lipinski definition) is 1. The summed E-state index contributed by atoms with van der Waals surface area (Å²) in [5.41, 5.74) is 0. The third-order valence-corrected chi connectivity index (χ3v) is 3.48. The molecule has 12 heavy (non-hydrogen) atoms. The quantitative estimate of drug-likeness (QED) is 0.675. The minimum absolute atomic E-state index is 0.0368. The van der Waals surface area contributed by atoms with E-state index in [1.807, 2.05) is 0 Å². The van der Waals surface area contributed by atoms with Gasteiger partial charge in [-0.1, -0.05) is 33.6 Å². The molecule has 0 aliphatic heterocycles. The normalized spacial score (nSPS) is 43.0. The van der Waals surface area contributed by atoms with Gasteiger partial charge in [-0.05, 0) is 30.6 Å². The zero-order valence-corrected chi connectivity index (χ0v) is 8.59. The molecule has 0 aromatic heterocycles. The Morgan fingerprint density at radius 1 is 1.25 bits per heavy atom. The molecule has 72 valence electrons. The zero-order valence-electron chi connectivity index (χ0n) is 8.59. The molecule has 1 rings (SSSR count). The van der Waals surface area contributed by atoms with Crippen molar-refractivity contribution >= 4 is 0 Å². The average molecular weight is 170 g/mol. The van der Waals surface area contributed by atoms with Crippen molar-refractivity contribution in [2.45, 2.75) is 52.6 Å². The van der Waals surface area contributed by atoms with Crippen LogP contribution < -0.4 is 0 Å². The van der Waals surface area contributed by atoms with Gasteiger partial charge in [0.25, 0.3) is 0 Å². The van der Waals surface area contributed by atoms with Crippen LogP contribution in [0.3, 0.4) is 0 Å². The van der Waals surface area contributed by atoms with Crippen molar-refractivity contribution in [2.75, 3.05) is 0 Å². The molecule has 1 N–H and O–H groups in total. The molecule has 0 heterocycles. The summed E-state index contributed by atoms with van der Waals surface area (Å²) in [5.74, 6) is 2.01. The summed E-state index contributed by atoms with van der Waals surface area (Å²) in [4.78, 5) is 0. The van der Waals surface area contributed by atoms with Gasteiger partial charge in [0.2, 0.25) is 0 Å². The predicted octanol–water partition coefficient (Wildman–Crippen LogP) is 2.83. The molecule has 4 unspecified atom stereocenters. The van der Waals surface area contributed by atoms with Gasteiger partial charge >= 0.3 is 0 Å². The molecule has 0 aromatic rings. The highest BCUT2D eigenvalue weighted by atomic mass is 16.3. The van der Waals surface area contributed by atoms with Gasteiger partial charge in [-0.2, -0.15) is 0 Å². The lowest BCUT2D eigenvalue weighted by Gasteiger charge is -2.36. The molecular weight excluding hydrogens is 148 g/mol. The van der Waals surface area contributed by atoms with Crippen LogP contribution in [0.2, 0.25) is 0 Å². The standard InChI is InChI=1S/C11H22O/c1-4-5-10-6-8(2)9(3)11(12)7-10/h8-12H,4-7H2,1-3H3. The van der Waals surface area contributed by atoms with E-state index in [0.29, 0.717) is 11.8 Å². The molecule has 1 heteroatoms. The summed E-state index contributed by atoms with van der Waals surface area (Å²) in [7, 11) is 0. The fourth-order valence-corrected chi connectivity index (χ4v) is 2.42. The Morgan fingerprint density at radius 2 is 1.92 bits per heavy atom. The highest BCUT2D eigenvalue weighted by Crippen LogP contribution is 2.35. The predicted molar refractivity (Wildman–Crippen MR) is 52.0 cm³/mol. The number of rotatable bonds is 2. The van der Waals surface area contributed by atoms with E-state index < -0.39 is 0 Å². The first kappa shape index (κ1) is 10.0. The van der Waals surface area contributed by atoms with E-state index in [2.05, 4.69) is 20.8 Å². The van der Waals surface area contributed by atoms with Crippen LogP contribution in [0.5, 0.6) is 0 Å². The van der Waals surface area contributed by atoms with Crippen LogP contribution >= 0.6 is 0 Å². The van der Waals surface area contributed by atoms with Gasteiger partial charge in [0, 0.05) is 0 Å². The van der Waals surface area contributed by atoms with Crippen LogP contribution in [0.4, 0.5) is 0 Å². The summed E-state index contributed by atoms with van der Waals surface area (Å²) in [6.45, 7) is 6.68. The van der Waals surface area contributed by atoms with Crippen LogP contribution in [0.25, 0.3) is 0 Å². The number of hydrogen-bond acceptors (Lipinski definition) is 1. The van der Waals surface area contributed by atoms with Gasteiger partial charge in [-0.15, -0.1) is 0 Å². The second-order valence-corrected chi connectivity index (χ2v) is 4.53. The first-order valence-electron chi connectivity index (χ1n) is 5.33. The third kappa shape index (κ3) is 2.22. The summed E-state index contributed by atoms with van der Waals surface area (Å²) in [6, 6.07) is 0. The van der Waals surface area contributed by atoms with E-state index in [0.717, 1.165) is 12.3 Å². The van der Waals surface area contributed by atoms with Crippen molar-refractivity contribution in [2.24, 2.45) is 17.8 Å². The molecule has 0 saturated heterocycles. The Hall–Kier alpha value is -0.0400. The Bertz CT molecular complexity index is 121. The molecule has 1 saturated carbocycles. The Balaban J connectivity index is 2.42. The monoisotopic (exact) mass is 170 g/mol. The van der Waals surface area contributed by atoms with Crippen molar-refractivity contribution < 1.29 is 5.11 Å². The lowest BCUT2D eigenvalue weighted by Crippen LogP contribution is -2.33. The molecule has 4 atom stereocenters. The third-order valence-electron chi connectivity index (χ3n) is 3.48. The molecule has 0 bridgehead atoms. The maximum atomic E-state index is 9.75. The maximum Gasteiger partial charge on any atom is 0.0570 e. The summed E-state index contributed by atoms with van der Waals surface area (Å²) < 4.78 is 0. The molecular formula is C11H22O. The number of aliphatic hydroxyl groups excluding tert-OH is 1. The SMILES string of the molecule is CCCC1CC(C)C(C)C(O)C1. The zero-order chi connectivity index (χ0) is 9.14. The maximum absolute atomic E-state index is 9.75. The Kier molecular flexibility index (Phi) is 3.57. The minimum atomic E-state index is -0.0368. The van der Waals surface area contributed by atoms with Gasteiger partial charge < -0.3 is 5.11 Å². The minimum Gasteiger partial charge on any atom is -0.393 e. The topological polar surface area (TPSA) is 20.2 Å². The molecule has 1 nitrogen and oxygen atoms in total. The molecule has 1 aliphatic rings. The first-order valence-corrected chi connectivity index (χ1v) is 5.33. The molecule has 0 radical (unpaired) electrons. The molecule has 0 spiro atoms. The lowest BCUT2D eigenvalue weighted by molar-refractivity contribution is 0.0193. The highest BCUT2D eigenvalue weighted by Gasteiger charge is 2.30. The Labute approximate surface area is 76.2 Å². The largest absolute Gasteiger partial charge is 0.393 e. The van der Waals surface area contributed by atoms with E-state index in [1.165, 1.54) is 19.3 Å². The van der Waals surface area contributed by atoms with Crippen LogP contribution in [0, 0.1) is 17.8 Å². The molecule has 0 aromatic carbocycles. The molecule has 0 amide bonds. The van der Waals surface area contributed by atoms with Crippen molar-refractivity contribution in [3.8, 4) is 0 Å². The van der Waals surface area contributed by atoms with Gasteiger partial charge in [-0.25, -0.2) is 0 Å². The van der Waals surface area contributed by atoms with Gasteiger partial charge in [0.1, 0.15) is 0 Å². The van der Waals surface area contributed by atoms with E-state index in [1.54, 1.807) is 0 Å². The summed E-state index contributed by atoms with van der Waals surface area (Å²) in [6.07, 6.45) is 4.89. The van der Waals surface area contributed by atoms with Gasteiger partial charge in [0.05, 0.1) is 6.10 Å². The van der Waals surface area contributed by atoms with Gasteiger partial charge in [-0.3, -0.25) is 0 Å². The van der Waals surface area contributed by atoms with Crippen LogP contribution in [0.15, 0.2) is 0 Å². The summed E-state index contributed by atoms with van der Waals surface area (Å²) >= 11 is 0. The Morgan fingerprint density at radius 3 is 2.42 bits per heavy atom. The lowest BCUT2D eigenvalue weighted by atomic mass is 9.73. The fourth-order valence-electron chi connectivity index (χ4n) is 2.42. The second-order valence-electron chi connectivity index (χ2n) is 4.53. The average Bonchev–Trinajstić information content (AvgIpc) is 2.01. The van der Waals surface area contributed by atoms with Crippen molar-refractivity contribution in [1.82, 2.24) is 0 Å². The molecule has 1 fully saturated rings. The van der Waals surface area contributed by atoms with E-state index in [4.69, 9.17) is 0 Å². The van der Waals surface area contributed by atoms with Gasteiger partial charge in [0.15, 0.2) is 0 Å². The van der Waals surface area contributed by atoms with Crippen molar-refractivity contribution in [3.63, 3.8) is 0 Å². The van der Waals surface area contributed by atoms with Crippen LogP contribution in [-0.2, 0) is 0 Å². The number of aliphatic hydroxyl groups is 1. The van der Waals surface area contributed by atoms with Crippen molar-refractivity contribution in [1.29, 1.82) is 0 Å². The summed E-state index contributed by atoms with van der Waals surface area (Å²) in [5, 5.41) is 9.75. The van der Waals surface area contributed by atoms with Crippen molar-refractivity contribution in [3.05, 3.63) is 0 Å². The van der Waals surface area contributed by atoms with Crippen LogP contribution in [-0.4, -0.2) is 11.2 Å². The van der Waals surface area contributed by atoms with E-state index in [9.17, 15) is 5.11 Å². The highest BCUT2D eigenvalue weighted by molar-refractivity contribution is 4.81. The van der Waals surface area contributed by atoms with Crippen LogP contribution in [0.1, 0.15) is 46.5 Å². The fraction of sp³-hybridized carbons (Fsp3) is 1.00. The first-order chi connectivity index (χ1) is 5.65. The smallest absolute Gasteiger partial charge is 0.0570 e. The second kappa shape index (κ2) is 4.27. The molecule has 1 aliphatic carbocycles. The van der Waals surface area contributed by atoms with E-state index in [-0.39, 0.29) is 6.10 Å².